The summed E-state index contributed by atoms with van der Waals surface area (Å²) in [6.45, 7) is 4.63. The van der Waals surface area contributed by atoms with Gasteiger partial charge in [-0.2, -0.15) is 0 Å². The normalized spacial score (nSPS) is 11.8. The summed E-state index contributed by atoms with van der Waals surface area (Å²) < 4.78 is 9.98. The van der Waals surface area contributed by atoms with Crippen LogP contribution in [0.1, 0.15) is 52.4 Å². The Morgan fingerprint density at radius 2 is 1.75 bits per heavy atom. The van der Waals surface area contributed by atoms with E-state index in [1.54, 1.807) is 0 Å². The van der Waals surface area contributed by atoms with Crippen LogP contribution in [0.4, 0.5) is 4.79 Å². The average molecular weight is 308 g/mol. The van der Waals surface area contributed by atoms with Gasteiger partial charge >= 0.3 is 12.1 Å². The zero-order chi connectivity index (χ0) is 15.2. The molecule has 0 radical (unpaired) electrons. The lowest BCUT2D eigenvalue weighted by Gasteiger charge is -2.17. The van der Waals surface area contributed by atoms with E-state index >= 15 is 0 Å². The zero-order valence-corrected chi connectivity index (χ0v) is 13.2. The number of alkyl carbamates (subject to hydrolysis) is 1. The van der Waals surface area contributed by atoms with Crippen molar-refractivity contribution < 1.29 is 19.1 Å². The van der Waals surface area contributed by atoms with Crippen molar-refractivity contribution in [3.63, 3.8) is 0 Å². The molecule has 1 N–H and O–H groups in total. The molecule has 5 nitrogen and oxygen atoms in total. The fourth-order valence-electron chi connectivity index (χ4n) is 1.60. The molecule has 0 rings (SSSR count). The second-order valence-corrected chi connectivity index (χ2v) is 4.92. The molecule has 0 saturated carbocycles. The fraction of sp³-hybridized carbons (Fsp3) is 0.857. The summed E-state index contributed by atoms with van der Waals surface area (Å²) in [7, 11) is 0. The number of unbranched alkanes of at least 4 members (excludes halogenated alkanes) is 3. The van der Waals surface area contributed by atoms with Crippen molar-refractivity contribution in [3.8, 4) is 0 Å². The molecule has 0 aromatic rings. The van der Waals surface area contributed by atoms with Crippen LogP contribution >= 0.6 is 11.6 Å². The third kappa shape index (κ3) is 9.89. The Morgan fingerprint density at radius 3 is 2.35 bits per heavy atom. The minimum Gasteiger partial charge on any atom is -0.464 e. The number of amides is 1. The molecule has 1 amide bonds. The Morgan fingerprint density at radius 1 is 1.05 bits per heavy atom. The van der Waals surface area contributed by atoms with Crippen LogP contribution in [-0.4, -0.2) is 37.2 Å². The van der Waals surface area contributed by atoms with Crippen molar-refractivity contribution in [2.75, 3.05) is 19.1 Å². The van der Waals surface area contributed by atoms with Crippen molar-refractivity contribution >= 4 is 23.7 Å². The molecule has 0 heterocycles. The van der Waals surface area contributed by atoms with Crippen LogP contribution in [0.25, 0.3) is 0 Å². The molecule has 0 aromatic carbocycles. The molecule has 0 spiro atoms. The molecule has 0 aromatic heterocycles. The van der Waals surface area contributed by atoms with Gasteiger partial charge in [0.1, 0.15) is 12.6 Å². The average Bonchev–Trinajstić information content (AvgIpc) is 2.45. The van der Waals surface area contributed by atoms with E-state index in [0.717, 1.165) is 32.1 Å². The maximum Gasteiger partial charge on any atom is 0.407 e. The van der Waals surface area contributed by atoms with Crippen molar-refractivity contribution in [2.24, 2.45) is 0 Å². The van der Waals surface area contributed by atoms with E-state index < -0.39 is 18.1 Å². The monoisotopic (exact) mass is 307 g/mol. The van der Waals surface area contributed by atoms with E-state index in [4.69, 9.17) is 21.1 Å². The maximum atomic E-state index is 11.9. The molecule has 20 heavy (non-hydrogen) atoms. The molecule has 0 fully saturated rings. The van der Waals surface area contributed by atoms with Gasteiger partial charge in [0.15, 0.2) is 0 Å². The number of halogens is 1. The summed E-state index contributed by atoms with van der Waals surface area (Å²) in [4.78, 5) is 23.4. The van der Waals surface area contributed by atoms with E-state index in [0.29, 0.717) is 13.0 Å². The SMILES string of the molecule is CCCCCOC(=O)C(CCCC)NC(=O)OCCCl. The number of hydrogen-bond donors (Lipinski definition) is 1. The third-order valence-corrected chi connectivity index (χ3v) is 2.88. The van der Waals surface area contributed by atoms with Gasteiger partial charge in [-0.05, 0) is 12.8 Å². The summed E-state index contributed by atoms with van der Waals surface area (Å²) >= 11 is 5.43. The number of carbonyl (C=O) groups excluding carboxylic acids is 2. The Balaban J connectivity index is 4.16. The molecule has 0 aliphatic carbocycles. The highest BCUT2D eigenvalue weighted by atomic mass is 35.5. The number of esters is 1. The highest BCUT2D eigenvalue weighted by molar-refractivity contribution is 6.18. The minimum atomic E-state index is -0.639. The largest absolute Gasteiger partial charge is 0.464 e. The van der Waals surface area contributed by atoms with E-state index in [2.05, 4.69) is 12.2 Å². The highest BCUT2D eigenvalue weighted by Gasteiger charge is 2.22. The lowest BCUT2D eigenvalue weighted by molar-refractivity contribution is -0.146. The number of rotatable bonds is 11. The third-order valence-electron chi connectivity index (χ3n) is 2.73. The first kappa shape index (κ1) is 19.0. The molecule has 118 valence electrons. The summed E-state index contributed by atoms with van der Waals surface area (Å²) in [5.74, 6) is -0.161. The molecule has 0 saturated heterocycles. The van der Waals surface area contributed by atoms with Crippen LogP contribution in [0.3, 0.4) is 0 Å². The summed E-state index contributed by atoms with van der Waals surface area (Å²) in [5, 5.41) is 2.53. The lowest BCUT2D eigenvalue weighted by atomic mass is 10.1. The number of hydrogen-bond acceptors (Lipinski definition) is 4. The second-order valence-electron chi connectivity index (χ2n) is 4.54. The standard InChI is InChI=1S/C14H26ClNO4/c1-3-5-7-10-19-13(17)12(8-6-4-2)16-14(18)20-11-9-15/h12H,3-11H2,1-2H3,(H,16,18). The van der Waals surface area contributed by atoms with Crippen LogP contribution in [0.15, 0.2) is 0 Å². The van der Waals surface area contributed by atoms with Crippen molar-refractivity contribution in [1.82, 2.24) is 5.32 Å². The molecule has 6 heteroatoms. The molecular weight excluding hydrogens is 282 g/mol. The predicted octanol–water partition coefficient (Wildman–Crippen LogP) is 3.24. The minimum absolute atomic E-state index is 0.124. The van der Waals surface area contributed by atoms with Crippen molar-refractivity contribution in [2.45, 2.75) is 58.4 Å². The molecule has 0 aliphatic heterocycles. The summed E-state index contributed by atoms with van der Waals surface area (Å²) in [6, 6.07) is -0.639. The van der Waals surface area contributed by atoms with E-state index in [1.165, 1.54) is 0 Å². The molecule has 0 bridgehead atoms. The number of carbonyl (C=O) groups is 2. The number of ether oxygens (including phenoxy) is 2. The van der Waals surface area contributed by atoms with Gasteiger partial charge in [0.25, 0.3) is 0 Å². The summed E-state index contributed by atoms with van der Waals surface area (Å²) in [6.07, 6.45) is 4.65. The number of alkyl halides is 1. The Bertz CT molecular complexity index is 274. The van der Waals surface area contributed by atoms with Crippen LogP contribution in [0, 0.1) is 0 Å². The molecule has 1 unspecified atom stereocenters. The van der Waals surface area contributed by atoms with Gasteiger partial charge in [0.2, 0.25) is 0 Å². The molecule has 1 atom stereocenters. The number of nitrogens with one attached hydrogen (secondary N) is 1. The van der Waals surface area contributed by atoms with Gasteiger partial charge in [-0.3, -0.25) is 0 Å². The van der Waals surface area contributed by atoms with Gasteiger partial charge in [0, 0.05) is 0 Å². The lowest BCUT2D eigenvalue weighted by Crippen LogP contribution is -2.42. The first-order valence-electron chi connectivity index (χ1n) is 7.31. The van der Waals surface area contributed by atoms with Crippen LogP contribution < -0.4 is 5.32 Å². The molecular formula is C14H26ClNO4. The van der Waals surface area contributed by atoms with Gasteiger partial charge in [-0.25, -0.2) is 9.59 Å². The van der Waals surface area contributed by atoms with Crippen LogP contribution in [0.2, 0.25) is 0 Å². The van der Waals surface area contributed by atoms with E-state index in [-0.39, 0.29) is 12.5 Å². The van der Waals surface area contributed by atoms with Gasteiger partial charge in [-0.1, -0.05) is 39.5 Å². The second kappa shape index (κ2) is 13.0. The van der Waals surface area contributed by atoms with Crippen LogP contribution in [-0.2, 0) is 14.3 Å². The van der Waals surface area contributed by atoms with E-state index in [9.17, 15) is 9.59 Å². The first-order valence-corrected chi connectivity index (χ1v) is 7.85. The van der Waals surface area contributed by atoms with Crippen LogP contribution in [0.5, 0.6) is 0 Å². The smallest absolute Gasteiger partial charge is 0.407 e. The Kier molecular flexibility index (Phi) is 12.4. The highest BCUT2D eigenvalue weighted by Crippen LogP contribution is 2.05. The van der Waals surface area contributed by atoms with Gasteiger partial charge in [-0.15, -0.1) is 11.6 Å². The molecule has 0 aliphatic rings. The zero-order valence-electron chi connectivity index (χ0n) is 12.5. The quantitative estimate of drug-likeness (QED) is 0.361. The fourth-order valence-corrected chi connectivity index (χ4v) is 1.67. The van der Waals surface area contributed by atoms with E-state index in [1.807, 2.05) is 6.92 Å². The van der Waals surface area contributed by atoms with Gasteiger partial charge in [0.05, 0.1) is 12.5 Å². The topological polar surface area (TPSA) is 64.6 Å². The Hall–Kier alpha value is -0.970. The van der Waals surface area contributed by atoms with Gasteiger partial charge < -0.3 is 14.8 Å². The van der Waals surface area contributed by atoms with Crippen molar-refractivity contribution in [3.05, 3.63) is 0 Å². The Labute approximate surface area is 126 Å². The van der Waals surface area contributed by atoms with Crippen molar-refractivity contribution in [1.29, 1.82) is 0 Å². The maximum absolute atomic E-state index is 11.9. The predicted molar refractivity (Wildman–Crippen MR) is 79.0 cm³/mol. The first-order chi connectivity index (χ1) is 9.65. The summed E-state index contributed by atoms with van der Waals surface area (Å²) in [5.41, 5.74) is 0.